The molecule has 2 heterocycles. The van der Waals surface area contributed by atoms with Gasteiger partial charge < -0.3 is 0 Å². The highest BCUT2D eigenvalue weighted by atomic mass is 79.9. The maximum atomic E-state index is 4.06. The second kappa shape index (κ2) is 3.62. The Hall–Kier alpha value is -1.29. The first kappa shape index (κ1) is 8.31. The molecule has 0 saturated heterocycles. The zero-order valence-corrected chi connectivity index (χ0v) is 8.27. The molecule has 0 saturated carbocycles. The molecule has 2 aromatic heterocycles. The molecule has 64 valence electrons. The normalized spacial score (nSPS) is 9.92. The van der Waals surface area contributed by atoms with E-state index >= 15 is 0 Å². The van der Waals surface area contributed by atoms with E-state index in [2.05, 4.69) is 30.9 Å². The summed E-state index contributed by atoms with van der Waals surface area (Å²) in [6.45, 7) is 0. The number of rotatable bonds is 1. The van der Waals surface area contributed by atoms with E-state index in [4.69, 9.17) is 0 Å². The summed E-state index contributed by atoms with van der Waals surface area (Å²) in [5, 5.41) is 0. The maximum absolute atomic E-state index is 4.06. The minimum atomic E-state index is 0.953. The fraction of sp³-hybridized carbons (Fsp3) is 0. The molecule has 0 N–H and O–H groups in total. The van der Waals surface area contributed by atoms with Crippen LogP contribution in [0.5, 0.6) is 0 Å². The van der Waals surface area contributed by atoms with Gasteiger partial charge in [-0.15, -0.1) is 0 Å². The molecule has 0 fully saturated rings. The van der Waals surface area contributed by atoms with Crippen LogP contribution in [0.3, 0.4) is 0 Å². The Bertz CT molecular complexity index is 403. The van der Waals surface area contributed by atoms with Crippen LogP contribution in [-0.2, 0) is 0 Å². The van der Waals surface area contributed by atoms with E-state index in [0.717, 1.165) is 15.6 Å². The average Bonchev–Trinajstić information content (AvgIpc) is 2.19. The number of hydrogen-bond donors (Lipinski definition) is 0. The van der Waals surface area contributed by atoms with Gasteiger partial charge in [-0.25, -0.2) is 9.97 Å². The van der Waals surface area contributed by atoms with Gasteiger partial charge in [-0.1, -0.05) is 0 Å². The Morgan fingerprint density at radius 2 is 1.54 bits per heavy atom. The smallest absolute Gasteiger partial charge is 0.115 e. The van der Waals surface area contributed by atoms with Gasteiger partial charge in [-0.3, -0.25) is 4.98 Å². The van der Waals surface area contributed by atoms with Crippen molar-refractivity contribution < 1.29 is 0 Å². The van der Waals surface area contributed by atoms with E-state index in [1.807, 2.05) is 6.07 Å². The highest BCUT2D eigenvalue weighted by Gasteiger charge is 1.97. The van der Waals surface area contributed by atoms with Crippen LogP contribution in [0, 0.1) is 0 Å². The van der Waals surface area contributed by atoms with Crippen LogP contribution >= 0.6 is 15.9 Å². The molecule has 0 atom stereocenters. The van der Waals surface area contributed by atoms with Crippen LogP contribution in [0.25, 0.3) is 11.1 Å². The first-order valence-corrected chi connectivity index (χ1v) is 4.51. The van der Waals surface area contributed by atoms with Crippen LogP contribution < -0.4 is 0 Å². The topological polar surface area (TPSA) is 38.7 Å². The van der Waals surface area contributed by atoms with Gasteiger partial charge in [0.05, 0.1) is 0 Å². The number of pyridine rings is 1. The summed E-state index contributed by atoms with van der Waals surface area (Å²) in [4.78, 5) is 11.9. The molecular formula is C9H6BrN3. The van der Waals surface area contributed by atoms with Gasteiger partial charge >= 0.3 is 0 Å². The largest absolute Gasteiger partial charge is 0.263 e. The molecule has 0 amide bonds. The molecule has 0 aliphatic carbocycles. The molecule has 0 aliphatic heterocycles. The molecule has 0 spiro atoms. The monoisotopic (exact) mass is 235 g/mol. The molecule has 2 aromatic rings. The Kier molecular flexibility index (Phi) is 2.31. The summed E-state index contributed by atoms with van der Waals surface area (Å²) in [5.74, 6) is 0. The molecule has 0 aromatic carbocycles. The second-order valence-corrected chi connectivity index (χ2v) is 3.43. The number of hydrogen-bond acceptors (Lipinski definition) is 3. The zero-order chi connectivity index (χ0) is 9.10. The van der Waals surface area contributed by atoms with E-state index in [1.54, 1.807) is 24.8 Å². The summed E-state index contributed by atoms with van der Waals surface area (Å²) < 4.78 is 0.953. The highest BCUT2D eigenvalue weighted by molar-refractivity contribution is 9.10. The minimum Gasteiger partial charge on any atom is -0.263 e. The number of halogens is 1. The fourth-order valence-electron chi connectivity index (χ4n) is 1.02. The van der Waals surface area contributed by atoms with Gasteiger partial charge in [-0.2, -0.15) is 0 Å². The molecule has 13 heavy (non-hydrogen) atoms. The van der Waals surface area contributed by atoms with E-state index < -0.39 is 0 Å². The third-order valence-electron chi connectivity index (χ3n) is 1.60. The van der Waals surface area contributed by atoms with Crippen molar-refractivity contribution in [3.8, 4) is 11.1 Å². The van der Waals surface area contributed by atoms with Crippen molar-refractivity contribution in [3.05, 3.63) is 41.7 Å². The molecule has 3 nitrogen and oxygen atoms in total. The Morgan fingerprint density at radius 1 is 0.846 bits per heavy atom. The summed E-state index contributed by atoms with van der Waals surface area (Å²) in [5.41, 5.74) is 1.98. The van der Waals surface area contributed by atoms with E-state index in [-0.39, 0.29) is 0 Å². The SMILES string of the molecule is Brc1cncc(-c2cncnc2)c1. The molecule has 0 aliphatic rings. The van der Waals surface area contributed by atoms with Gasteiger partial charge in [-0.05, 0) is 22.0 Å². The Labute approximate surface area is 84.0 Å². The fourth-order valence-corrected chi connectivity index (χ4v) is 1.38. The predicted octanol–water partition coefficient (Wildman–Crippen LogP) is 2.30. The summed E-state index contributed by atoms with van der Waals surface area (Å²) in [7, 11) is 0. The van der Waals surface area contributed by atoms with Gasteiger partial charge in [0.1, 0.15) is 6.33 Å². The second-order valence-electron chi connectivity index (χ2n) is 2.52. The van der Waals surface area contributed by atoms with Crippen LogP contribution in [0.2, 0.25) is 0 Å². The van der Waals surface area contributed by atoms with E-state index in [0.29, 0.717) is 0 Å². The third kappa shape index (κ3) is 1.89. The van der Waals surface area contributed by atoms with Gasteiger partial charge in [0, 0.05) is 40.4 Å². The number of aromatic nitrogens is 3. The molecule has 4 heteroatoms. The van der Waals surface area contributed by atoms with Crippen molar-refractivity contribution in [3.63, 3.8) is 0 Å². The summed E-state index contributed by atoms with van der Waals surface area (Å²) >= 11 is 3.36. The molecular weight excluding hydrogens is 230 g/mol. The quantitative estimate of drug-likeness (QED) is 0.762. The standard InChI is InChI=1S/C9H6BrN3/c10-9-1-7(2-11-5-9)8-3-12-6-13-4-8/h1-6H. The molecule has 0 unspecified atom stereocenters. The lowest BCUT2D eigenvalue weighted by molar-refractivity contribution is 1.17. The Balaban J connectivity index is 2.48. The number of nitrogens with zero attached hydrogens (tertiary/aromatic N) is 3. The van der Waals surface area contributed by atoms with Crippen molar-refractivity contribution in [2.24, 2.45) is 0 Å². The molecule has 0 radical (unpaired) electrons. The Morgan fingerprint density at radius 3 is 2.23 bits per heavy atom. The third-order valence-corrected chi connectivity index (χ3v) is 2.03. The lowest BCUT2D eigenvalue weighted by atomic mass is 10.2. The van der Waals surface area contributed by atoms with Crippen molar-refractivity contribution in [1.29, 1.82) is 0 Å². The summed E-state index contributed by atoms with van der Waals surface area (Å²) in [6, 6.07) is 1.98. The lowest BCUT2D eigenvalue weighted by Crippen LogP contribution is -1.83. The van der Waals surface area contributed by atoms with Crippen molar-refractivity contribution >= 4 is 15.9 Å². The van der Waals surface area contributed by atoms with Gasteiger partial charge in [0.2, 0.25) is 0 Å². The molecule has 2 rings (SSSR count). The van der Waals surface area contributed by atoms with Crippen molar-refractivity contribution in [1.82, 2.24) is 15.0 Å². The summed E-state index contributed by atoms with van der Waals surface area (Å²) in [6.07, 6.45) is 8.55. The lowest BCUT2D eigenvalue weighted by Gasteiger charge is -1.98. The van der Waals surface area contributed by atoms with E-state index in [1.165, 1.54) is 6.33 Å². The van der Waals surface area contributed by atoms with Crippen molar-refractivity contribution in [2.45, 2.75) is 0 Å². The first-order chi connectivity index (χ1) is 6.36. The average molecular weight is 236 g/mol. The minimum absolute atomic E-state index is 0.953. The van der Waals surface area contributed by atoms with Crippen LogP contribution in [0.15, 0.2) is 41.7 Å². The van der Waals surface area contributed by atoms with Gasteiger partial charge in [0.15, 0.2) is 0 Å². The van der Waals surface area contributed by atoms with Crippen LogP contribution in [0.4, 0.5) is 0 Å². The first-order valence-electron chi connectivity index (χ1n) is 3.72. The predicted molar refractivity (Wildman–Crippen MR) is 53.0 cm³/mol. The maximum Gasteiger partial charge on any atom is 0.115 e. The van der Waals surface area contributed by atoms with Crippen molar-refractivity contribution in [2.75, 3.05) is 0 Å². The molecule has 0 bridgehead atoms. The van der Waals surface area contributed by atoms with E-state index in [9.17, 15) is 0 Å². The zero-order valence-electron chi connectivity index (χ0n) is 6.68. The van der Waals surface area contributed by atoms with Crippen LogP contribution in [0.1, 0.15) is 0 Å². The van der Waals surface area contributed by atoms with Gasteiger partial charge in [0.25, 0.3) is 0 Å². The van der Waals surface area contributed by atoms with Crippen LogP contribution in [-0.4, -0.2) is 15.0 Å². The highest BCUT2D eigenvalue weighted by Crippen LogP contribution is 2.19.